The number of rotatable bonds is 46. The van der Waals surface area contributed by atoms with Gasteiger partial charge in [0.15, 0.2) is 0 Å². The lowest BCUT2D eigenvalue weighted by Gasteiger charge is -2.06. The number of unbranched alkanes of at least 4 members (excludes halogenated alkanes) is 32. The molecule has 0 fully saturated rings. The van der Waals surface area contributed by atoms with Crippen LogP contribution in [0.25, 0.3) is 0 Å². The molecule has 0 aromatic heterocycles. The van der Waals surface area contributed by atoms with Crippen LogP contribution in [0.15, 0.2) is 12.2 Å². The zero-order chi connectivity index (χ0) is 45.4. The van der Waals surface area contributed by atoms with E-state index in [-0.39, 0.29) is 37.6 Å². The fourth-order valence-electron chi connectivity index (χ4n) is 7.42. The van der Waals surface area contributed by atoms with Crippen molar-refractivity contribution in [3.8, 4) is 0 Å². The van der Waals surface area contributed by atoms with Crippen LogP contribution in [0.2, 0.25) is 0 Å². The van der Waals surface area contributed by atoms with Gasteiger partial charge in [-0.3, -0.25) is 19.2 Å². The highest BCUT2D eigenvalue weighted by atomic mass is 16.6. The molecule has 0 saturated heterocycles. The Kier molecular flexibility index (Phi) is 45.1. The first-order valence-corrected chi connectivity index (χ1v) is 25.8. The first-order valence-electron chi connectivity index (χ1n) is 25.8. The van der Waals surface area contributed by atoms with Crippen LogP contribution >= 0.6 is 0 Å². The van der Waals surface area contributed by atoms with Crippen LogP contribution in [0.4, 0.5) is 0 Å². The molecule has 0 radical (unpaired) electrons. The minimum absolute atomic E-state index is 0.0675. The largest absolute Gasteiger partial charge is 0.466 e. The number of carbonyl (C=O) groups is 6. The normalized spacial score (nSPS) is 11.2. The molecule has 0 rings (SSSR count). The predicted octanol–water partition coefficient (Wildman–Crippen LogP) is 14.4. The molecule has 10 nitrogen and oxygen atoms in total. The summed E-state index contributed by atoms with van der Waals surface area (Å²) in [6.45, 7) is 5.34. The summed E-state index contributed by atoms with van der Waals surface area (Å²) < 4.78 is 19.9. The maximum absolute atomic E-state index is 12.0. The fraction of sp³-hybridized carbons (Fsp3) is 0.846. The molecule has 360 valence electrons. The van der Waals surface area contributed by atoms with Crippen LogP contribution in [0, 0.1) is 0 Å². The van der Waals surface area contributed by atoms with Gasteiger partial charge in [0.2, 0.25) is 0 Å². The monoisotopic (exact) mass is 877 g/mol. The van der Waals surface area contributed by atoms with Gasteiger partial charge in [-0.1, -0.05) is 206 Å². The van der Waals surface area contributed by atoms with Crippen LogP contribution in [-0.2, 0) is 47.7 Å². The second-order valence-corrected chi connectivity index (χ2v) is 17.4. The number of hydrogen-bond acceptors (Lipinski definition) is 10. The molecule has 0 aliphatic rings. The van der Waals surface area contributed by atoms with E-state index in [1.807, 2.05) is 0 Å². The second kappa shape index (κ2) is 47.4. The molecular weight excluding hydrogens is 785 g/mol. The van der Waals surface area contributed by atoms with Gasteiger partial charge >= 0.3 is 35.8 Å². The summed E-state index contributed by atoms with van der Waals surface area (Å²) in [7, 11) is 0. The number of esters is 6. The minimum atomic E-state index is -1.06. The highest BCUT2D eigenvalue weighted by Crippen LogP contribution is 2.16. The standard InChI is InChI=1S/C52H92O10/c1-3-5-7-9-11-13-15-17-19-21-23-25-27-29-31-37-45-59-47(53)39-33-35-41-49(55)61-51(57)43-44-52(58)62-50(56)42-36-34-40-48(54)60-46-38-32-30-28-26-24-22-20-18-16-14-12-10-8-6-4-2/h43-44H,3-42,45-46H2,1-2H3/b44-43+. The van der Waals surface area contributed by atoms with Crippen molar-refractivity contribution >= 4 is 35.8 Å². The van der Waals surface area contributed by atoms with Crippen molar-refractivity contribution in [2.24, 2.45) is 0 Å². The Morgan fingerprint density at radius 2 is 0.484 bits per heavy atom. The average Bonchev–Trinajstić information content (AvgIpc) is 3.25. The fourth-order valence-corrected chi connectivity index (χ4v) is 7.42. The summed E-state index contributed by atoms with van der Waals surface area (Å²) in [6, 6.07) is 0. The van der Waals surface area contributed by atoms with E-state index in [0.29, 0.717) is 38.9 Å². The zero-order valence-electron chi connectivity index (χ0n) is 39.9. The molecule has 0 aromatic rings. The second-order valence-electron chi connectivity index (χ2n) is 17.4. The third-order valence-electron chi connectivity index (χ3n) is 11.3. The molecular formula is C52H92O10. The minimum Gasteiger partial charge on any atom is -0.466 e. The van der Waals surface area contributed by atoms with Crippen LogP contribution < -0.4 is 0 Å². The van der Waals surface area contributed by atoms with Gasteiger partial charge in [0.1, 0.15) is 0 Å². The summed E-state index contributed by atoms with van der Waals surface area (Å²) >= 11 is 0. The molecule has 62 heavy (non-hydrogen) atoms. The van der Waals surface area contributed by atoms with E-state index in [2.05, 4.69) is 23.3 Å². The lowest BCUT2D eigenvalue weighted by molar-refractivity contribution is -0.159. The average molecular weight is 877 g/mol. The van der Waals surface area contributed by atoms with Gasteiger partial charge in [-0.05, 0) is 38.5 Å². The van der Waals surface area contributed by atoms with Crippen LogP contribution in [-0.4, -0.2) is 49.0 Å². The maximum Gasteiger partial charge on any atom is 0.338 e. The summed E-state index contributed by atoms with van der Waals surface area (Å²) in [5.74, 6) is -4.29. The van der Waals surface area contributed by atoms with Crippen molar-refractivity contribution in [1.82, 2.24) is 0 Å². The van der Waals surface area contributed by atoms with E-state index in [1.165, 1.54) is 167 Å². The van der Waals surface area contributed by atoms with Crippen LogP contribution in [0.1, 0.15) is 271 Å². The highest BCUT2D eigenvalue weighted by Gasteiger charge is 2.12. The van der Waals surface area contributed by atoms with Gasteiger partial charge in [-0.2, -0.15) is 0 Å². The first kappa shape index (κ1) is 59.0. The molecule has 0 spiro atoms. The van der Waals surface area contributed by atoms with Gasteiger partial charge in [0.25, 0.3) is 0 Å². The Morgan fingerprint density at radius 3 is 0.726 bits per heavy atom. The van der Waals surface area contributed by atoms with E-state index in [1.54, 1.807) is 0 Å². The molecule has 0 amide bonds. The van der Waals surface area contributed by atoms with E-state index < -0.39 is 23.9 Å². The Bertz CT molecular complexity index is 1050. The molecule has 10 heteroatoms. The van der Waals surface area contributed by atoms with Gasteiger partial charge < -0.3 is 18.9 Å². The van der Waals surface area contributed by atoms with E-state index in [4.69, 9.17) is 9.47 Å². The van der Waals surface area contributed by atoms with Gasteiger partial charge in [-0.25, -0.2) is 9.59 Å². The van der Waals surface area contributed by atoms with Crippen molar-refractivity contribution in [1.29, 1.82) is 0 Å². The lowest BCUT2D eigenvalue weighted by Crippen LogP contribution is -2.13. The molecule has 0 bridgehead atoms. The van der Waals surface area contributed by atoms with Crippen LogP contribution in [0.5, 0.6) is 0 Å². The highest BCUT2D eigenvalue weighted by molar-refractivity contribution is 5.99. The zero-order valence-corrected chi connectivity index (χ0v) is 39.9. The van der Waals surface area contributed by atoms with Crippen LogP contribution in [0.3, 0.4) is 0 Å². The van der Waals surface area contributed by atoms with Crippen molar-refractivity contribution in [3.05, 3.63) is 12.2 Å². The third-order valence-corrected chi connectivity index (χ3v) is 11.3. The van der Waals surface area contributed by atoms with Crippen molar-refractivity contribution in [3.63, 3.8) is 0 Å². The molecule has 0 aliphatic heterocycles. The summed E-state index contributed by atoms with van der Waals surface area (Å²) in [6.07, 6.45) is 44.4. The molecule has 0 saturated carbocycles. The Balaban J connectivity index is 3.63. The molecule has 0 atom stereocenters. The van der Waals surface area contributed by atoms with Crippen molar-refractivity contribution in [2.45, 2.75) is 271 Å². The Labute approximate surface area is 378 Å². The molecule has 0 heterocycles. The van der Waals surface area contributed by atoms with Gasteiger partial charge in [0, 0.05) is 37.8 Å². The number of carbonyl (C=O) groups excluding carboxylic acids is 6. The Morgan fingerprint density at radius 1 is 0.274 bits per heavy atom. The van der Waals surface area contributed by atoms with E-state index in [0.717, 1.165) is 50.7 Å². The molecule has 0 unspecified atom stereocenters. The predicted molar refractivity (Wildman–Crippen MR) is 249 cm³/mol. The maximum atomic E-state index is 12.0. The van der Waals surface area contributed by atoms with E-state index >= 15 is 0 Å². The van der Waals surface area contributed by atoms with Gasteiger partial charge in [0.05, 0.1) is 13.2 Å². The summed E-state index contributed by atoms with van der Waals surface area (Å²) in [5, 5.41) is 0. The van der Waals surface area contributed by atoms with Gasteiger partial charge in [-0.15, -0.1) is 0 Å². The topological polar surface area (TPSA) is 139 Å². The van der Waals surface area contributed by atoms with E-state index in [9.17, 15) is 28.8 Å². The SMILES string of the molecule is CCCCCCCCCCCCCCCCCCOC(=O)CCCCC(=O)OC(=O)/C=C/C(=O)OC(=O)CCCCC(=O)OCCCCCCCCCCCCCCCCCC. The summed E-state index contributed by atoms with van der Waals surface area (Å²) in [4.78, 5) is 71.7. The Hall–Kier alpha value is -3.04. The smallest absolute Gasteiger partial charge is 0.338 e. The first-order chi connectivity index (χ1) is 30.3. The summed E-state index contributed by atoms with van der Waals surface area (Å²) in [5.41, 5.74) is 0. The third kappa shape index (κ3) is 46.5. The van der Waals surface area contributed by atoms with Crippen molar-refractivity contribution in [2.75, 3.05) is 13.2 Å². The molecule has 0 aromatic carbocycles. The van der Waals surface area contributed by atoms with Crippen molar-refractivity contribution < 1.29 is 47.7 Å². The lowest BCUT2D eigenvalue weighted by atomic mass is 10.0. The number of hydrogen-bond donors (Lipinski definition) is 0. The molecule has 0 aliphatic carbocycles. The number of ether oxygens (including phenoxy) is 4. The quantitative estimate of drug-likeness (QED) is 0.0191. The molecule has 0 N–H and O–H groups in total.